The number of ketones is 1. The Labute approximate surface area is 162 Å². The molecule has 1 atom stereocenters. The fourth-order valence-corrected chi connectivity index (χ4v) is 2.99. The molecule has 28 heavy (non-hydrogen) atoms. The molecule has 0 radical (unpaired) electrons. The number of allylic oxidation sites excluding steroid dienone is 2. The second-order valence-corrected chi connectivity index (χ2v) is 6.19. The van der Waals surface area contributed by atoms with Gasteiger partial charge in [-0.25, -0.2) is 0 Å². The fraction of sp³-hybridized carbons (Fsp3) is 0.136. The first kappa shape index (κ1) is 18.6. The highest BCUT2D eigenvalue weighted by Gasteiger charge is 2.40. The van der Waals surface area contributed by atoms with Gasteiger partial charge in [0.15, 0.2) is 5.76 Å². The summed E-state index contributed by atoms with van der Waals surface area (Å²) in [6.07, 6.45) is 0.515. The molecule has 1 N–H and O–H groups in total. The van der Waals surface area contributed by atoms with Crippen molar-refractivity contribution in [3.05, 3.63) is 76.5 Å². The van der Waals surface area contributed by atoms with Crippen LogP contribution in [0.1, 0.15) is 28.2 Å². The van der Waals surface area contributed by atoms with Crippen molar-refractivity contribution in [3.63, 3.8) is 0 Å². The molecule has 1 aliphatic rings. The average Bonchev–Trinajstić information content (AvgIpc) is 2.99. The first-order valence-electron chi connectivity index (χ1n) is 8.46. The standard InChI is InChI=1S/C22H14N4O2/c23-11-9-14-1-5-16(6-2-14)18(13-25)21-20(27)19(22(26)28-21)17-7-3-15(4-8-17)10-12-24/h1-8,19,26H,9-10H2/b21-18+,26-22?. The van der Waals surface area contributed by atoms with Crippen molar-refractivity contribution < 1.29 is 9.53 Å². The van der Waals surface area contributed by atoms with Gasteiger partial charge in [0.2, 0.25) is 11.7 Å². The Morgan fingerprint density at radius 2 is 1.46 bits per heavy atom. The van der Waals surface area contributed by atoms with E-state index in [1.165, 1.54) is 0 Å². The van der Waals surface area contributed by atoms with E-state index in [4.69, 9.17) is 20.7 Å². The van der Waals surface area contributed by atoms with Crippen molar-refractivity contribution in [1.29, 1.82) is 21.2 Å². The summed E-state index contributed by atoms with van der Waals surface area (Å²) < 4.78 is 5.39. The molecule has 0 bridgehead atoms. The number of carbonyl (C=O) groups is 1. The maximum Gasteiger partial charge on any atom is 0.216 e. The SMILES string of the molecule is N#CCc1ccc(/C(C#N)=C2/OC(=N)C(c3ccc(CC#N)cc3)C2=O)cc1. The maximum atomic E-state index is 12.9. The molecule has 6 heteroatoms. The topological polar surface area (TPSA) is 122 Å². The van der Waals surface area contributed by atoms with Crippen LogP contribution < -0.4 is 0 Å². The third kappa shape index (κ3) is 3.51. The van der Waals surface area contributed by atoms with Crippen LogP contribution in [0.15, 0.2) is 54.3 Å². The number of ether oxygens (including phenoxy) is 1. The molecule has 0 amide bonds. The van der Waals surface area contributed by atoms with Crippen LogP contribution in [0.2, 0.25) is 0 Å². The van der Waals surface area contributed by atoms with E-state index in [1.54, 1.807) is 48.5 Å². The van der Waals surface area contributed by atoms with Crippen molar-refractivity contribution in [1.82, 2.24) is 0 Å². The Balaban J connectivity index is 1.95. The van der Waals surface area contributed by atoms with Crippen LogP contribution in [0, 0.1) is 39.4 Å². The zero-order valence-corrected chi connectivity index (χ0v) is 14.8. The molecule has 2 aromatic rings. The molecule has 1 unspecified atom stereocenters. The van der Waals surface area contributed by atoms with Gasteiger partial charge in [-0.05, 0) is 22.3 Å². The van der Waals surface area contributed by atoms with E-state index in [0.29, 0.717) is 11.1 Å². The van der Waals surface area contributed by atoms with Gasteiger partial charge in [-0.2, -0.15) is 15.8 Å². The first-order valence-corrected chi connectivity index (χ1v) is 8.46. The van der Waals surface area contributed by atoms with Crippen molar-refractivity contribution in [2.45, 2.75) is 18.8 Å². The minimum absolute atomic E-state index is 0.0573. The van der Waals surface area contributed by atoms with E-state index in [2.05, 4.69) is 6.07 Å². The lowest BCUT2D eigenvalue weighted by molar-refractivity contribution is -0.115. The number of benzene rings is 2. The molecule has 0 aromatic heterocycles. The molecule has 1 heterocycles. The highest BCUT2D eigenvalue weighted by atomic mass is 16.5. The Hall–Kier alpha value is -4.21. The number of carbonyl (C=O) groups excluding carboxylic acids is 1. The summed E-state index contributed by atoms with van der Waals surface area (Å²) in [5.41, 5.74) is 2.74. The molecule has 0 aliphatic carbocycles. The number of Topliss-reactive ketones (excluding diaryl/α,β-unsaturated/α-hetero) is 1. The lowest BCUT2D eigenvalue weighted by atomic mass is 9.92. The van der Waals surface area contributed by atoms with Crippen LogP contribution in [0.4, 0.5) is 0 Å². The molecular weight excluding hydrogens is 352 g/mol. The number of nitrogens with one attached hydrogen (secondary N) is 1. The lowest BCUT2D eigenvalue weighted by Gasteiger charge is -2.06. The summed E-state index contributed by atoms with van der Waals surface area (Å²) in [6.45, 7) is 0. The van der Waals surface area contributed by atoms with Gasteiger partial charge in [-0.15, -0.1) is 0 Å². The molecule has 1 aliphatic heterocycles. The third-order valence-electron chi connectivity index (χ3n) is 4.42. The summed E-state index contributed by atoms with van der Waals surface area (Å²) in [5.74, 6) is -1.74. The van der Waals surface area contributed by atoms with Crippen LogP contribution in [-0.2, 0) is 22.4 Å². The predicted molar refractivity (Wildman–Crippen MR) is 101 cm³/mol. The van der Waals surface area contributed by atoms with Crippen molar-refractivity contribution in [3.8, 4) is 18.2 Å². The number of nitrogens with zero attached hydrogens (tertiary/aromatic N) is 3. The number of rotatable bonds is 4. The molecule has 3 rings (SSSR count). The normalized spacial score (nSPS) is 17.2. The molecule has 1 fully saturated rings. The van der Waals surface area contributed by atoms with E-state index in [1.807, 2.05) is 12.1 Å². The highest BCUT2D eigenvalue weighted by Crippen LogP contribution is 2.34. The third-order valence-corrected chi connectivity index (χ3v) is 4.42. The second kappa shape index (κ2) is 7.99. The minimum atomic E-state index is -0.910. The number of hydrogen-bond donors (Lipinski definition) is 1. The summed E-state index contributed by atoms with van der Waals surface area (Å²) in [4.78, 5) is 12.9. The van der Waals surface area contributed by atoms with E-state index >= 15 is 0 Å². The fourth-order valence-electron chi connectivity index (χ4n) is 2.99. The predicted octanol–water partition coefficient (Wildman–Crippen LogP) is 3.41. The summed E-state index contributed by atoms with van der Waals surface area (Å²) in [5, 5.41) is 35.2. The zero-order valence-electron chi connectivity index (χ0n) is 14.8. The molecule has 0 saturated carbocycles. The zero-order chi connectivity index (χ0) is 20.1. The quantitative estimate of drug-likeness (QED) is 0.656. The van der Waals surface area contributed by atoms with Gasteiger partial charge in [0.05, 0.1) is 25.0 Å². The van der Waals surface area contributed by atoms with Gasteiger partial charge in [0.1, 0.15) is 17.6 Å². The number of hydrogen-bond acceptors (Lipinski definition) is 6. The van der Waals surface area contributed by atoms with Gasteiger partial charge < -0.3 is 4.74 Å². The second-order valence-electron chi connectivity index (χ2n) is 6.19. The lowest BCUT2D eigenvalue weighted by Crippen LogP contribution is -2.12. The van der Waals surface area contributed by atoms with E-state index < -0.39 is 11.7 Å². The number of nitriles is 3. The summed E-state index contributed by atoms with van der Waals surface area (Å²) in [6, 6.07) is 19.7. The summed E-state index contributed by atoms with van der Waals surface area (Å²) >= 11 is 0. The average molecular weight is 366 g/mol. The molecule has 0 spiro atoms. The molecular formula is C22H14N4O2. The van der Waals surface area contributed by atoms with Gasteiger partial charge in [0.25, 0.3) is 0 Å². The van der Waals surface area contributed by atoms with E-state index in [0.717, 1.165) is 11.1 Å². The molecule has 134 valence electrons. The minimum Gasteiger partial charge on any atom is -0.437 e. The van der Waals surface area contributed by atoms with Gasteiger partial charge >= 0.3 is 0 Å². The molecule has 6 nitrogen and oxygen atoms in total. The van der Waals surface area contributed by atoms with Crippen LogP contribution in [0.25, 0.3) is 5.57 Å². The van der Waals surface area contributed by atoms with Crippen LogP contribution >= 0.6 is 0 Å². The Kier molecular flexibility index (Phi) is 5.30. The van der Waals surface area contributed by atoms with Crippen molar-refractivity contribution >= 4 is 17.3 Å². The smallest absolute Gasteiger partial charge is 0.216 e. The monoisotopic (exact) mass is 366 g/mol. The van der Waals surface area contributed by atoms with E-state index in [9.17, 15) is 10.1 Å². The maximum absolute atomic E-state index is 12.9. The first-order chi connectivity index (χ1) is 13.6. The van der Waals surface area contributed by atoms with Gasteiger partial charge in [0, 0.05) is 0 Å². The Morgan fingerprint density at radius 3 is 1.96 bits per heavy atom. The Bertz CT molecular complexity index is 1090. The van der Waals surface area contributed by atoms with E-state index in [-0.39, 0.29) is 30.1 Å². The molecule has 2 aromatic carbocycles. The van der Waals surface area contributed by atoms with Crippen LogP contribution in [-0.4, -0.2) is 11.7 Å². The molecule has 1 saturated heterocycles. The Morgan fingerprint density at radius 1 is 0.929 bits per heavy atom. The van der Waals surface area contributed by atoms with Crippen molar-refractivity contribution in [2.75, 3.05) is 0 Å². The van der Waals surface area contributed by atoms with Crippen LogP contribution in [0.5, 0.6) is 0 Å². The van der Waals surface area contributed by atoms with Crippen molar-refractivity contribution in [2.24, 2.45) is 0 Å². The highest BCUT2D eigenvalue weighted by molar-refractivity contribution is 6.21. The van der Waals surface area contributed by atoms with Crippen LogP contribution in [0.3, 0.4) is 0 Å². The largest absolute Gasteiger partial charge is 0.437 e. The van der Waals surface area contributed by atoms with Gasteiger partial charge in [-0.3, -0.25) is 10.2 Å². The van der Waals surface area contributed by atoms with Gasteiger partial charge in [-0.1, -0.05) is 48.5 Å². The summed E-state index contributed by atoms with van der Waals surface area (Å²) in [7, 11) is 0.